The zero-order valence-corrected chi connectivity index (χ0v) is 10.9. The Morgan fingerprint density at radius 3 is 2.40 bits per heavy atom. The van der Waals surface area contributed by atoms with Crippen LogP contribution < -0.4 is 9.47 Å². The Bertz CT molecular complexity index is 404. The topological polar surface area (TPSA) is 35.5 Å². The maximum atomic E-state index is 11.3. The van der Waals surface area contributed by atoms with E-state index in [1.165, 1.54) is 21.1 Å². The summed E-state index contributed by atoms with van der Waals surface area (Å²) in [5, 5.41) is 0.335. The van der Waals surface area contributed by atoms with Crippen molar-refractivity contribution in [2.45, 2.75) is 6.92 Å². The van der Waals surface area contributed by atoms with Gasteiger partial charge in [0.25, 0.3) is 0 Å². The monoisotopic (exact) mass is 292 g/mol. The van der Waals surface area contributed by atoms with Crippen molar-refractivity contribution in [3.8, 4) is 11.5 Å². The summed E-state index contributed by atoms with van der Waals surface area (Å²) in [5.41, 5.74) is 0.470. The molecular formula is C10H10BrClO3. The Labute approximate surface area is 101 Å². The van der Waals surface area contributed by atoms with E-state index >= 15 is 0 Å². The molecule has 0 aliphatic carbocycles. The highest BCUT2D eigenvalue weighted by Gasteiger charge is 2.18. The maximum Gasteiger partial charge on any atom is 0.180 e. The molecule has 3 nitrogen and oxygen atoms in total. The summed E-state index contributed by atoms with van der Waals surface area (Å²) in [4.78, 5) is 11.3. The third-order valence-electron chi connectivity index (χ3n) is 1.93. The van der Waals surface area contributed by atoms with Gasteiger partial charge < -0.3 is 9.47 Å². The Balaban J connectivity index is 3.49. The van der Waals surface area contributed by atoms with E-state index in [4.69, 9.17) is 21.1 Å². The van der Waals surface area contributed by atoms with Crippen molar-refractivity contribution in [2.24, 2.45) is 0 Å². The second kappa shape index (κ2) is 4.86. The fraction of sp³-hybridized carbons (Fsp3) is 0.300. The molecule has 1 aromatic rings. The van der Waals surface area contributed by atoms with Crippen LogP contribution in [0.5, 0.6) is 11.5 Å². The number of methoxy groups -OCH3 is 2. The van der Waals surface area contributed by atoms with Gasteiger partial charge in [0.15, 0.2) is 17.3 Å². The molecular weight excluding hydrogens is 283 g/mol. The fourth-order valence-electron chi connectivity index (χ4n) is 1.18. The van der Waals surface area contributed by atoms with Crippen LogP contribution in [0.2, 0.25) is 5.02 Å². The van der Waals surface area contributed by atoms with Gasteiger partial charge in [-0.3, -0.25) is 4.79 Å². The summed E-state index contributed by atoms with van der Waals surface area (Å²) in [7, 11) is 2.98. The van der Waals surface area contributed by atoms with E-state index in [1.54, 1.807) is 6.07 Å². The number of hydrogen-bond acceptors (Lipinski definition) is 3. The molecule has 0 amide bonds. The third-order valence-corrected chi connectivity index (χ3v) is 3.34. The summed E-state index contributed by atoms with van der Waals surface area (Å²) in [6.45, 7) is 1.46. The maximum absolute atomic E-state index is 11.3. The van der Waals surface area contributed by atoms with Crippen molar-refractivity contribution in [1.29, 1.82) is 0 Å². The van der Waals surface area contributed by atoms with E-state index in [0.29, 0.717) is 26.6 Å². The highest BCUT2D eigenvalue weighted by atomic mass is 79.9. The molecule has 0 saturated heterocycles. The summed E-state index contributed by atoms with van der Waals surface area (Å²) < 4.78 is 10.7. The number of rotatable bonds is 3. The summed E-state index contributed by atoms with van der Waals surface area (Å²) >= 11 is 9.27. The molecule has 1 aromatic carbocycles. The number of ether oxygens (including phenoxy) is 2. The first kappa shape index (κ1) is 12.3. The number of benzene rings is 1. The van der Waals surface area contributed by atoms with Crippen LogP contribution in [0.15, 0.2) is 10.5 Å². The molecule has 5 heteroatoms. The van der Waals surface area contributed by atoms with Crippen LogP contribution in [0.3, 0.4) is 0 Å². The predicted octanol–water partition coefficient (Wildman–Crippen LogP) is 3.32. The minimum absolute atomic E-state index is 0.0928. The van der Waals surface area contributed by atoms with Gasteiger partial charge in [0.05, 0.1) is 18.7 Å². The average Bonchev–Trinajstić information content (AvgIpc) is 2.21. The van der Waals surface area contributed by atoms with Crippen LogP contribution in [0.1, 0.15) is 17.3 Å². The van der Waals surface area contributed by atoms with Gasteiger partial charge in [-0.1, -0.05) is 11.6 Å². The molecule has 0 unspecified atom stereocenters. The molecule has 0 radical (unpaired) electrons. The number of hydrogen-bond donors (Lipinski definition) is 0. The molecule has 0 aromatic heterocycles. The van der Waals surface area contributed by atoms with Crippen molar-refractivity contribution in [2.75, 3.05) is 14.2 Å². The van der Waals surface area contributed by atoms with Gasteiger partial charge in [0.1, 0.15) is 5.02 Å². The summed E-state index contributed by atoms with van der Waals surface area (Å²) in [6.07, 6.45) is 0. The van der Waals surface area contributed by atoms with Gasteiger partial charge in [0.2, 0.25) is 0 Å². The Morgan fingerprint density at radius 1 is 1.40 bits per heavy atom. The molecule has 15 heavy (non-hydrogen) atoms. The van der Waals surface area contributed by atoms with E-state index in [-0.39, 0.29) is 5.78 Å². The highest BCUT2D eigenvalue weighted by molar-refractivity contribution is 9.10. The minimum Gasteiger partial charge on any atom is -0.493 e. The lowest BCUT2D eigenvalue weighted by Crippen LogP contribution is -1.99. The molecule has 0 heterocycles. The highest BCUT2D eigenvalue weighted by Crippen LogP contribution is 2.42. The second-order valence-corrected chi connectivity index (χ2v) is 4.01. The van der Waals surface area contributed by atoms with Crippen molar-refractivity contribution in [3.63, 3.8) is 0 Å². The first-order chi connectivity index (χ1) is 7.02. The molecule has 1 rings (SSSR count). The van der Waals surface area contributed by atoms with Crippen LogP contribution in [-0.4, -0.2) is 20.0 Å². The van der Waals surface area contributed by atoms with Gasteiger partial charge in [-0.2, -0.15) is 0 Å². The van der Waals surface area contributed by atoms with Crippen LogP contribution in [0.4, 0.5) is 0 Å². The van der Waals surface area contributed by atoms with Gasteiger partial charge in [-0.15, -0.1) is 0 Å². The van der Waals surface area contributed by atoms with Crippen molar-refractivity contribution in [1.82, 2.24) is 0 Å². The lowest BCUT2D eigenvalue weighted by atomic mass is 10.1. The lowest BCUT2D eigenvalue weighted by molar-refractivity contribution is 0.101. The van der Waals surface area contributed by atoms with Crippen LogP contribution in [-0.2, 0) is 0 Å². The number of Topliss-reactive ketones (excluding diaryl/α,β-unsaturated/α-hetero) is 1. The van der Waals surface area contributed by atoms with Crippen LogP contribution in [0.25, 0.3) is 0 Å². The first-order valence-corrected chi connectivity index (χ1v) is 5.31. The van der Waals surface area contributed by atoms with Gasteiger partial charge >= 0.3 is 0 Å². The van der Waals surface area contributed by atoms with E-state index in [9.17, 15) is 4.79 Å². The van der Waals surface area contributed by atoms with Crippen molar-refractivity contribution >= 4 is 33.3 Å². The van der Waals surface area contributed by atoms with Gasteiger partial charge in [0, 0.05) is 5.56 Å². The second-order valence-electron chi connectivity index (χ2n) is 2.84. The Hall–Kier alpha value is -0.740. The molecule has 0 aliphatic heterocycles. The molecule has 82 valence electrons. The SMILES string of the molecule is COc1cc(C(C)=O)c(Br)c(Cl)c1OC. The molecule has 0 atom stereocenters. The largest absolute Gasteiger partial charge is 0.493 e. The smallest absolute Gasteiger partial charge is 0.180 e. The number of carbonyl (C=O) groups excluding carboxylic acids is 1. The number of ketones is 1. The van der Waals surface area contributed by atoms with Crippen molar-refractivity contribution < 1.29 is 14.3 Å². The third kappa shape index (κ3) is 2.26. The fourth-order valence-corrected chi connectivity index (χ4v) is 2.03. The molecule has 0 saturated carbocycles. The standard InChI is InChI=1S/C10H10BrClO3/c1-5(13)6-4-7(14-2)10(15-3)9(12)8(6)11/h4H,1-3H3. The Morgan fingerprint density at radius 2 is 2.00 bits per heavy atom. The number of halogens is 2. The summed E-state index contributed by atoms with van der Waals surface area (Å²) in [5.74, 6) is 0.761. The molecule has 0 aliphatic rings. The molecule has 0 bridgehead atoms. The molecule has 0 N–H and O–H groups in total. The van der Waals surface area contributed by atoms with E-state index in [1.807, 2.05) is 0 Å². The van der Waals surface area contributed by atoms with Gasteiger partial charge in [-0.05, 0) is 28.9 Å². The quantitative estimate of drug-likeness (QED) is 0.802. The zero-order chi connectivity index (χ0) is 11.6. The first-order valence-electron chi connectivity index (χ1n) is 4.13. The predicted molar refractivity (Wildman–Crippen MR) is 62.3 cm³/mol. The van der Waals surface area contributed by atoms with E-state index in [2.05, 4.69) is 15.9 Å². The molecule has 0 fully saturated rings. The molecule has 0 spiro atoms. The minimum atomic E-state index is -0.0928. The Kier molecular flexibility index (Phi) is 3.99. The van der Waals surface area contributed by atoms with Crippen LogP contribution >= 0.6 is 27.5 Å². The zero-order valence-electron chi connectivity index (χ0n) is 8.56. The summed E-state index contributed by atoms with van der Waals surface area (Å²) in [6, 6.07) is 1.59. The normalized spacial score (nSPS) is 9.93. The lowest BCUT2D eigenvalue weighted by Gasteiger charge is -2.12. The average molecular weight is 294 g/mol. The van der Waals surface area contributed by atoms with Gasteiger partial charge in [-0.25, -0.2) is 0 Å². The van der Waals surface area contributed by atoms with E-state index < -0.39 is 0 Å². The van der Waals surface area contributed by atoms with Crippen molar-refractivity contribution in [3.05, 3.63) is 21.1 Å². The number of carbonyl (C=O) groups is 1. The van der Waals surface area contributed by atoms with Crippen LogP contribution in [0, 0.1) is 0 Å². The van der Waals surface area contributed by atoms with E-state index in [0.717, 1.165) is 0 Å².